The first kappa shape index (κ1) is 16.3. The molecule has 1 aromatic rings. The molecule has 2 N–H and O–H groups in total. The van der Waals surface area contributed by atoms with Gasteiger partial charge in [-0.25, -0.2) is 13.1 Å². The van der Waals surface area contributed by atoms with Crippen LogP contribution in [0.2, 0.25) is 4.34 Å². The highest BCUT2D eigenvalue weighted by Crippen LogP contribution is 2.36. The van der Waals surface area contributed by atoms with Gasteiger partial charge in [0.1, 0.15) is 4.21 Å². The molecule has 7 nitrogen and oxygen atoms in total. The molecule has 0 aliphatic carbocycles. The molecule has 1 aromatic heterocycles. The van der Waals surface area contributed by atoms with Crippen molar-refractivity contribution >= 4 is 38.6 Å². The molecule has 0 radical (unpaired) electrons. The van der Waals surface area contributed by atoms with Gasteiger partial charge in [0.05, 0.1) is 4.92 Å². The van der Waals surface area contributed by atoms with Crippen molar-refractivity contribution in [3.8, 4) is 0 Å². The van der Waals surface area contributed by atoms with Gasteiger partial charge >= 0.3 is 0 Å². The number of nitro groups is 1. The van der Waals surface area contributed by atoms with Crippen LogP contribution < -0.4 is 4.72 Å². The minimum absolute atomic E-state index is 0.0286. The first-order chi connectivity index (χ1) is 8.77. The van der Waals surface area contributed by atoms with Crippen LogP contribution in [0.1, 0.15) is 13.3 Å². The number of aliphatic hydroxyl groups is 1. The summed E-state index contributed by atoms with van der Waals surface area (Å²) in [6.45, 7) is 1.90. The van der Waals surface area contributed by atoms with Crippen LogP contribution in [0.25, 0.3) is 0 Å². The second-order valence-corrected chi connectivity index (χ2v) is 7.60. The summed E-state index contributed by atoms with van der Waals surface area (Å²) in [6.07, 6.45) is 0.466. The number of nitrogens with one attached hydrogen (secondary N) is 1. The molecule has 108 valence electrons. The molecule has 0 bridgehead atoms. The van der Waals surface area contributed by atoms with Crippen molar-refractivity contribution in [3.63, 3.8) is 0 Å². The van der Waals surface area contributed by atoms with Crippen molar-refractivity contribution in [3.05, 3.63) is 20.5 Å². The molecular formula is C9H13ClN2O5S2. The van der Waals surface area contributed by atoms with Gasteiger partial charge in [0.2, 0.25) is 10.0 Å². The van der Waals surface area contributed by atoms with Gasteiger partial charge in [-0.2, -0.15) is 0 Å². The normalized spacial score (nSPS) is 13.4. The zero-order valence-corrected chi connectivity index (χ0v) is 12.4. The van der Waals surface area contributed by atoms with Gasteiger partial charge in [0.15, 0.2) is 4.34 Å². The van der Waals surface area contributed by atoms with Gasteiger partial charge in [-0.1, -0.05) is 18.5 Å². The predicted octanol–water partition coefficient (Wildman–Crippen LogP) is 1.61. The van der Waals surface area contributed by atoms with Crippen LogP contribution >= 0.6 is 22.9 Å². The Labute approximate surface area is 119 Å². The summed E-state index contributed by atoms with van der Waals surface area (Å²) < 4.78 is 25.7. The van der Waals surface area contributed by atoms with Gasteiger partial charge in [-0.15, -0.1) is 11.3 Å². The van der Waals surface area contributed by atoms with Gasteiger partial charge in [0, 0.05) is 19.2 Å². The highest BCUT2D eigenvalue weighted by atomic mass is 35.5. The van der Waals surface area contributed by atoms with E-state index in [1.807, 2.05) is 0 Å². The summed E-state index contributed by atoms with van der Waals surface area (Å²) in [7, 11) is -3.81. The summed E-state index contributed by atoms with van der Waals surface area (Å²) >= 11 is 6.25. The van der Waals surface area contributed by atoms with E-state index >= 15 is 0 Å². The Morgan fingerprint density at radius 2 is 2.26 bits per heavy atom. The number of halogens is 1. The monoisotopic (exact) mass is 328 g/mol. The van der Waals surface area contributed by atoms with Gasteiger partial charge in [0.25, 0.3) is 5.69 Å². The van der Waals surface area contributed by atoms with Crippen molar-refractivity contribution in [2.24, 2.45) is 5.92 Å². The van der Waals surface area contributed by atoms with E-state index < -0.39 is 20.6 Å². The number of rotatable bonds is 7. The second-order valence-electron chi connectivity index (χ2n) is 3.95. The number of thiophene rings is 1. The van der Waals surface area contributed by atoms with E-state index in [9.17, 15) is 18.5 Å². The maximum absolute atomic E-state index is 11.9. The number of nitrogens with zero attached hydrogens (tertiary/aromatic N) is 1. The van der Waals surface area contributed by atoms with Crippen molar-refractivity contribution in [1.82, 2.24) is 4.72 Å². The zero-order valence-electron chi connectivity index (χ0n) is 10.00. The lowest BCUT2D eigenvalue weighted by atomic mass is 10.1. The van der Waals surface area contributed by atoms with E-state index in [1.54, 1.807) is 6.92 Å². The highest BCUT2D eigenvalue weighted by molar-refractivity contribution is 7.91. The van der Waals surface area contributed by atoms with Crippen LogP contribution in [0.5, 0.6) is 0 Å². The Hall–Kier alpha value is -0.740. The van der Waals surface area contributed by atoms with Crippen molar-refractivity contribution in [1.29, 1.82) is 0 Å². The fourth-order valence-corrected chi connectivity index (χ4v) is 4.11. The van der Waals surface area contributed by atoms with Crippen molar-refractivity contribution in [2.45, 2.75) is 17.6 Å². The van der Waals surface area contributed by atoms with E-state index in [1.165, 1.54) is 0 Å². The fourth-order valence-electron chi connectivity index (χ4n) is 1.24. The third kappa shape index (κ3) is 4.39. The van der Waals surface area contributed by atoms with Gasteiger partial charge in [-0.3, -0.25) is 10.1 Å². The molecule has 0 amide bonds. The first-order valence-electron chi connectivity index (χ1n) is 5.32. The number of hydrogen-bond donors (Lipinski definition) is 2. The molecule has 1 heterocycles. The Kier molecular flexibility index (Phi) is 5.68. The minimum Gasteiger partial charge on any atom is -0.396 e. The average Bonchev–Trinajstić information content (AvgIpc) is 2.70. The zero-order chi connectivity index (χ0) is 14.6. The maximum Gasteiger partial charge on any atom is 0.300 e. The fraction of sp³-hybridized carbons (Fsp3) is 0.556. The Morgan fingerprint density at radius 1 is 1.63 bits per heavy atom. The molecule has 19 heavy (non-hydrogen) atoms. The lowest BCUT2D eigenvalue weighted by Crippen LogP contribution is -2.28. The van der Waals surface area contributed by atoms with E-state index in [4.69, 9.17) is 16.7 Å². The maximum atomic E-state index is 11.9. The quantitative estimate of drug-likeness (QED) is 0.583. The summed E-state index contributed by atoms with van der Waals surface area (Å²) in [5.41, 5.74) is -0.421. The van der Waals surface area contributed by atoms with Gasteiger partial charge in [-0.05, 0) is 12.3 Å². The van der Waals surface area contributed by atoms with Crippen molar-refractivity contribution in [2.75, 3.05) is 13.2 Å². The molecule has 0 fully saturated rings. The van der Waals surface area contributed by atoms with Crippen LogP contribution in [-0.2, 0) is 10.0 Å². The SMILES string of the molecule is CC(CCO)CNS(=O)(=O)c1cc([N+](=O)[O-])c(Cl)s1. The lowest BCUT2D eigenvalue weighted by molar-refractivity contribution is -0.384. The molecule has 0 aromatic carbocycles. The Balaban J connectivity index is 2.83. The van der Waals surface area contributed by atoms with E-state index in [2.05, 4.69) is 4.72 Å². The van der Waals surface area contributed by atoms with E-state index in [-0.39, 0.29) is 27.6 Å². The van der Waals surface area contributed by atoms with Crippen LogP contribution in [-0.4, -0.2) is 31.6 Å². The highest BCUT2D eigenvalue weighted by Gasteiger charge is 2.25. The lowest BCUT2D eigenvalue weighted by Gasteiger charge is -2.10. The smallest absolute Gasteiger partial charge is 0.300 e. The molecular weight excluding hydrogens is 316 g/mol. The predicted molar refractivity (Wildman–Crippen MR) is 72.0 cm³/mol. The summed E-state index contributed by atoms with van der Waals surface area (Å²) in [6, 6.07) is 0.937. The van der Waals surface area contributed by atoms with Crippen LogP contribution in [0.15, 0.2) is 10.3 Å². The third-order valence-corrected chi connectivity index (χ3v) is 5.59. The standard InChI is InChI=1S/C9H13ClN2O5S2/c1-6(2-3-13)5-11-19(16,17)8-4-7(12(14)15)9(10)18-8/h4,6,11,13H,2-3,5H2,1H3. The number of hydrogen-bond acceptors (Lipinski definition) is 6. The van der Waals surface area contributed by atoms with Crippen LogP contribution in [0, 0.1) is 16.0 Å². The summed E-state index contributed by atoms with van der Waals surface area (Å²) in [5, 5.41) is 19.3. The van der Waals surface area contributed by atoms with Crippen LogP contribution in [0.3, 0.4) is 0 Å². The average molecular weight is 329 g/mol. The second kappa shape index (κ2) is 6.62. The molecule has 1 unspecified atom stereocenters. The molecule has 0 saturated carbocycles. The molecule has 1 rings (SSSR count). The molecule has 0 aliphatic rings. The molecule has 0 aliphatic heterocycles. The molecule has 0 spiro atoms. The number of sulfonamides is 1. The molecule has 0 saturated heterocycles. The first-order valence-corrected chi connectivity index (χ1v) is 8.00. The molecule has 10 heteroatoms. The largest absolute Gasteiger partial charge is 0.396 e. The van der Waals surface area contributed by atoms with E-state index in [0.717, 1.165) is 6.07 Å². The van der Waals surface area contributed by atoms with Gasteiger partial charge < -0.3 is 5.11 Å². The van der Waals surface area contributed by atoms with Crippen LogP contribution in [0.4, 0.5) is 5.69 Å². The minimum atomic E-state index is -3.81. The third-order valence-electron chi connectivity index (χ3n) is 2.35. The summed E-state index contributed by atoms with van der Waals surface area (Å²) in [4.78, 5) is 9.87. The Bertz CT molecular complexity index is 557. The van der Waals surface area contributed by atoms with Crippen molar-refractivity contribution < 1.29 is 18.4 Å². The van der Waals surface area contributed by atoms with E-state index in [0.29, 0.717) is 17.8 Å². The number of aliphatic hydroxyl groups excluding tert-OH is 1. The topological polar surface area (TPSA) is 110 Å². The Morgan fingerprint density at radius 3 is 2.74 bits per heavy atom. The molecule has 1 atom stereocenters. The summed E-state index contributed by atoms with van der Waals surface area (Å²) in [5.74, 6) is -0.0369.